The molecule has 104 valence electrons. The van der Waals surface area contributed by atoms with Gasteiger partial charge in [0.2, 0.25) is 0 Å². The third-order valence-electron chi connectivity index (χ3n) is 3.42. The Morgan fingerprint density at radius 3 is 2.90 bits per heavy atom. The monoisotopic (exact) mass is 333 g/mol. The Bertz CT molecular complexity index is 641. The Kier molecular flexibility index (Phi) is 3.72. The first-order valence-electron chi connectivity index (χ1n) is 6.61. The minimum atomic E-state index is 0.584. The minimum Gasteiger partial charge on any atom is -0.376 e. The summed E-state index contributed by atoms with van der Waals surface area (Å²) in [5.41, 5.74) is 4.38. The van der Waals surface area contributed by atoms with Gasteiger partial charge in [-0.2, -0.15) is 0 Å². The smallest absolute Gasteiger partial charge is 0.162 e. The molecule has 0 aliphatic carbocycles. The van der Waals surface area contributed by atoms with Crippen molar-refractivity contribution < 1.29 is 4.74 Å². The Hall–Kier alpha value is -1.46. The summed E-state index contributed by atoms with van der Waals surface area (Å²) in [6, 6.07) is 6.21. The lowest BCUT2D eigenvalue weighted by molar-refractivity contribution is 0.109. The molecular weight excluding hydrogens is 318 g/mol. The van der Waals surface area contributed by atoms with Gasteiger partial charge in [0.1, 0.15) is 5.82 Å². The topological polar surface area (TPSA) is 47.0 Å². The first-order chi connectivity index (χ1) is 9.69. The number of nitrogens with zero attached hydrogens (tertiary/aromatic N) is 2. The van der Waals surface area contributed by atoms with Gasteiger partial charge in [-0.3, -0.25) is 0 Å². The van der Waals surface area contributed by atoms with Crippen molar-refractivity contribution in [2.24, 2.45) is 0 Å². The zero-order valence-electron chi connectivity index (χ0n) is 11.5. The number of fused-ring (bicyclic) bond motifs is 1. The van der Waals surface area contributed by atoms with Crippen LogP contribution < -0.4 is 5.32 Å². The van der Waals surface area contributed by atoms with Gasteiger partial charge in [0.05, 0.1) is 18.9 Å². The average molecular weight is 334 g/mol. The molecule has 3 rings (SSSR count). The van der Waals surface area contributed by atoms with Crippen LogP contribution in [0.1, 0.15) is 16.8 Å². The van der Waals surface area contributed by atoms with Gasteiger partial charge in [-0.1, -0.05) is 22.0 Å². The minimum absolute atomic E-state index is 0.584. The average Bonchev–Trinajstić information content (AvgIpc) is 2.46. The molecule has 0 fully saturated rings. The number of benzene rings is 1. The molecule has 0 atom stereocenters. The number of hydrogen-bond acceptors (Lipinski definition) is 4. The van der Waals surface area contributed by atoms with E-state index in [0.29, 0.717) is 6.61 Å². The Balaban J connectivity index is 2.14. The number of aryl methyl sites for hydroxylation is 1. The molecule has 0 saturated heterocycles. The van der Waals surface area contributed by atoms with Crippen LogP contribution in [0, 0.1) is 6.92 Å². The Morgan fingerprint density at radius 1 is 1.30 bits per heavy atom. The lowest BCUT2D eigenvalue weighted by Gasteiger charge is -2.19. The van der Waals surface area contributed by atoms with Crippen molar-refractivity contribution in [3.8, 4) is 11.4 Å². The molecule has 0 saturated carbocycles. The van der Waals surface area contributed by atoms with Gasteiger partial charge >= 0.3 is 0 Å². The van der Waals surface area contributed by atoms with E-state index in [1.165, 1.54) is 5.56 Å². The summed E-state index contributed by atoms with van der Waals surface area (Å²) in [7, 11) is 1.88. The fourth-order valence-corrected chi connectivity index (χ4v) is 3.03. The van der Waals surface area contributed by atoms with E-state index in [0.717, 1.165) is 46.0 Å². The fraction of sp³-hybridized carbons (Fsp3) is 0.333. The van der Waals surface area contributed by atoms with E-state index in [9.17, 15) is 0 Å². The van der Waals surface area contributed by atoms with Crippen molar-refractivity contribution in [2.45, 2.75) is 20.0 Å². The number of hydrogen-bond donors (Lipinski definition) is 1. The van der Waals surface area contributed by atoms with Gasteiger partial charge in [-0.15, -0.1) is 0 Å². The van der Waals surface area contributed by atoms with E-state index in [-0.39, 0.29) is 0 Å². The maximum Gasteiger partial charge on any atom is 0.162 e. The Morgan fingerprint density at radius 2 is 2.15 bits per heavy atom. The maximum atomic E-state index is 5.49. The summed E-state index contributed by atoms with van der Waals surface area (Å²) < 4.78 is 6.51. The van der Waals surface area contributed by atoms with Gasteiger partial charge in [-0.05, 0) is 24.6 Å². The number of ether oxygens (including phenoxy) is 1. The van der Waals surface area contributed by atoms with Gasteiger partial charge in [0, 0.05) is 29.1 Å². The molecule has 0 bridgehead atoms. The first-order valence-corrected chi connectivity index (χ1v) is 7.40. The zero-order valence-corrected chi connectivity index (χ0v) is 13.1. The van der Waals surface area contributed by atoms with Crippen molar-refractivity contribution in [3.05, 3.63) is 39.5 Å². The van der Waals surface area contributed by atoms with Crippen LogP contribution in [0.3, 0.4) is 0 Å². The second-order valence-corrected chi connectivity index (χ2v) is 5.71. The molecule has 0 unspecified atom stereocenters. The largest absolute Gasteiger partial charge is 0.376 e. The van der Waals surface area contributed by atoms with Crippen molar-refractivity contribution >= 4 is 21.7 Å². The van der Waals surface area contributed by atoms with E-state index >= 15 is 0 Å². The SMILES string of the molecule is CNc1nc(-c2ccc(C)cc2Br)nc2c1COCC2. The number of rotatable bonds is 2. The highest BCUT2D eigenvalue weighted by atomic mass is 79.9. The molecule has 1 aliphatic heterocycles. The van der Waals surface area contributed by atoms with Crippen LogP contribution in [0.5, 0.6) is 0 Å². The maximum absolute atomic E-state index is 5.49. The molecule has 1 aliphatic rings. The quantitative estimate of drug-likeness (QED) is 0.915. The van der Waals surface area contributed by atoms with Gasteiger partial charge in [0.25, 0.3) is 0 Å². The summed E-state index contributed by atoms with van der Waals surface area (Å²) in [5.74, 6) is 1.61. The highest BCUT2D eigenvalue weighted by Gasteiger charge is 2.19. The van der Waals surface area contributed by atoms with Gasteiger partial charge in [0.15, 0.2) is 5.82 Å². The number of aromatic nitrogens is 2. The normalized spacial score (nSPS) is 13.9. The molecule has 0 amide bonds. The van der Waals surface area contributed by atoms with E-state index in [4.69, 9.17) is 9.72 Å². The van der Waals surface area contributed by atoms with Crippen molar-refractivity contribution in [1.29, 1.82) is 0 Å². The van der Waals surface area contributed by atoms with E-state index in [1.807, 2.05) is 7.05 Å². The summed E-state index contributed by atoms with van der Waals surface area (Å²) in [5, 5.41) is 3.15. The first kappa shape index (κ1) is 13.5. The zero-order chi connectivity index (χ0) is 14.1. The fourth-order valence-electron chi connectivity index (χ4n) is 2.36. The number of anilines is 1. The summed E-state index contributed by atoms with van der Waals surface area (Å²) in [6.45, 7) is 3.38. The molecule has 5 heteroatoms. The second-order valence-electron chi connectivity index (χ2n) is 4.86. The molecule has 0 spiro atoms. The lowest BCUT2D eigenvalue weighted by Crippen LogP contribution is -2.16. The van der Waals surface area contributed by atoms with Crippen molar-refractivity contribution in [2.75, 3.05) is 19.0 Å². The molecule has 0 radical (unpaired) electrons. The van der Waals surface area contributed by atoms with Crippen LogP contribution in [0.15, 0.2) is 22.7 Å². The van der Waals surface area contributed by atoms with Crippen LogP contribution >= 0.6 is 15.9 Å². The van der Waals surface area contributed by atoms with Crippen LogP contribution in [0.2, 0.25) is 0 Å². The molecule has 1 aromatic heterocycles. The van der Waals surface area contributed by atoms with Crippen molar-refractivity contribution in [1.82, 2.24) is 9.97 Å². The van der Waals surface area contributed by atoms with E-state index in [2.05, 4.69) is 51.4 Å². The van der Waals surface area contributed by atoms with Crippen LogP contribution in [-0.2, 0) is 17.8 Å². The molecule has 4 nitrogen and oxygen atoms in total. The van der Waals surface area contributed by atoms with Gasteiger partial charge < -0.3 is 10.1 Å². The van der Waals surface area contributed by atoms with Crippen LogP contribution in [0.4, 0.5) is 5.82 Å². The van der Waals surface area contributed by atoms with Gasteiger partial charge in [-0.25, -0.2) is 9.97 Å². The molecule has 2 aromatic rings. The Labute approximate surface area is 126 Å². The second kappa shape index (κ2) is 5.50. The standard InChI is InChI=1S/C15H16BrN3O/c1-9-3-4-10(12(16)7-9)15-18-13-5-6-20-8-11(13)14(17-2)19-15/h3-4,7H,5-6,8H2,1-2H3,(H,17,18,19). The molecule has 1 N–H and O–H groups in total. The molecule has 2 heterocycles. The van der Waals surface area contributed by atoms with E-state index in [1.54, 1.807) is 0 Å². The van der Waals surface area contributed by atoms with Crippen molar-refractivity contribution in [3.63, 3.8) is 0 Å². The molecule has 20 heavy (non-hydrogen) atoms. The number of halogens is 1. The summed E-state index contributed by atoms with van der Waals surface area (Å²) in [6.07, 6.45) is 0.836. The third-order valence-corrected chi connectivity index (χ3v) is 4.08. The molecular formula is C15H16BrN3O. The highest BCUT2D eigenvalue weighted by molar-refractivity contribution is 9.10. The molecule has 1 aromatic carbocycles. The summed E-state index contributed by atoms with van der Waals surface area (Å²) >= 11 is 3.60. The van der Waals surface area contributed by atoms with E-state index < -0.39 is 0 Å². The predicted octanol–water partition coefficient (Wildman–Crippen LogP) is 3.33. The summed E-state index contributed by atoms with van der Waals surface area (Å²) in [4.78, 5) is 9.35. The van der Waals surface area contributed by atoms with Crippen LogP contribution in [-0.4, -0.2) is 23.6 Å². The predicted molar refractivity (Wildman–Crippen MR) is 82.8 cm³/mol. The van der Waals surface area contributed by atoms with Crippen LogP contribution in [0.25, 0.3) is 11.4 Å². The highest BCUT2D eigenvalue weighted by Crippen LogP contribution is 2.30. The lowest BCUT2D eigenvalue weighted by atomic mass is 10.1. The third kappa shape index (κ3) is 2.43. The number of nitrogens with one attached hydrogen (secondary N) is 1.